The Bertz CT molecular complexity index is 1140. The van der Waals surface area contributed by atoms with Crippen molar-refractivity contribution in [3.8, 4) is 0 Å². The van der Waals surface area contributed by atoms with Crippen molar-refractivity contribution in [1.82, 2.24) is 19.4 Å². The van der Waals surface area contributed by atoms with Gasteiger partial charge in [0.05, 0.1) is 23.9 Å². The van der Waals surface area contributed by atoms with Gasteiger partial charge in [0.1, 0.15) is 11.3 Å². The van der Waals surface area contributed by atoms with Crippen molar-refractivity contribution in [2.45, 2.75) is 45.7 Å². The minimum Gasteiger partial charge on any atom is -0.430 e. The fourth-order valence-corrected chi connectivity index (χ4v) is 4.65. The number of carbonyl (C=O) groups is 1. The zero-order valence-corrected chi connectivity index (χ0v) is 15.1. The highest BCUT2D eigenvalue weighted by molar-refractivity contribution is 6.02. The monoisotopic (exact) mass is 352 g/mol. The van der Waals surface area contributed by atoms with Crippen LogP contribution in [0, 0.1) is 19.8 Å². The molecule has 1 aliphatic heterocycles. The number of rotatable bonds is 0. The third-order valence-corrected chi connectivity index (χ3v) is 5.78. The lowest BCUT2D eigenvalue weighted by Crippen LogP contribution is -2.32. The van der Waals surface area contributed by atoms with Crippen molar-refractivity contribution >= 4 is 28.1 Å². The summed E-state index contributed by atoms with van der Waals surface area (Å²) < 4.78 is 7.56. The van der Waals surface area contributed by atoms with Gasteiger partial charge in [0.2, 0.25) is 17.2 Å². The summed E-state index contributed by atoms with van der Waals surface area (Å²) in [6, 6.07) is 1.83. The second kappa shape index (κ2) is 5.16. The predicted molar refractivity (Wildman–Crippen MR) is 95.9 cm³/mol. The molecule has 134 valence electrons. The van der Waals surface area contributed by atoms with E-state index < -0.39 is 0 Å². The molecular formula is C19H20N4O3. The Morgan fingerprint density at radius 1 is 1.19 bits per heavy atom. The molecule has 2 aliphatic rings. The fraction of sp³-hybridized carbons (Fsp3) is 0.474. The van der Waals surface area contributed by atoms with Crippen LogP contribution in [0.1, 0.15) is 42.4 Å². The first-order chi connectivity index (χ1) is 12.5. The average Bonchev–Trinajstić information content (AvgIpc) is 3.16. The predicted octanol–water partition coefficient (Wildman–Crippen LogP) is 2.47. The van der Waals surface area contributed by atoms with Crippen molar-refractivity contribution in [1.29, 1.82) is 0 Å². The quantitative estimate of drug-likeness (QED) is 0.621. The molecule has 0 radical (unpaired) electrons. The molecular weight excluding hydrogens is 332 g/mol. The van der Waals surface area contributed by atoms with E-state index in [2.05, 4.69) is 4.98 Å². The van der Waals surface area contributed by atoms with Gasteiger partial charge in [-0.15, -0.1) is 0 Å². The Morgan fingerprint density at radius 2 is 2.00 bits per heavy atom. The lowest BCUT2D eigenvalue weighted by Gasteiger charge is -2.19. The van der Waals surface area contributed by atoms with Crippen LogP contribution in [-0.4, -0.2) is 32.4 Å². The first kappa shape index (κ1) is 15.5. The number of fused-ring (bicyclic) bond motifs is 6. The van der Waals surface area contributed by atoms with Crippen molar-refractivity contribution in [2.24, 2.45) is 5.92 Å². The summed E-state index contributed by atoms with van der Waals surface area (Å²) in [6.45, 7) is 4.21. The number of aryl methyl sites for hydroxylation is 2. The van der Waals surface area contributed by atoms with E-state index in [9.17, 15) is 9.59 Å². The summed E-state index contributed by atoms with van der Waals surface area (Å²) in [6.07, 6.45) is 2.58. The van der Waals surface area contributed by atoms with E-state index in [-0.39, 0.29) is 29.0 Å². The Labute approximate surface area is 149 Å². The van der Waals surface area contributed by atoms with Gasteiger partial charge in [-0.25, -0.2) is 9.97 Å². The van der Waals surface area contributed by atoms with Crippen LogP contribution >= 0.6 is 0 Å². The molecule has 0 unspecified atom stereocenters. The van der Waals surface area contributed by atoms with Gasteiger partial charge in [-0.1, -0.05) is 6.42 Å². The number of aromatic nitrogens is 3. The van der Waals surface area contributed by atoms with Gasteiger partial charge in [-0.05, 0) is 38.3 Å². The third kappa shape index (κ3) is 1.94. The molecule has 0 bridgehead atoms. The highest BCUT2D eigenvalue weighted by Crippen LogP contribution is 2.39. The number of carbonyl (C=O) groups excluding carboxylic acids is 1. The van der Waals surface area contributed by atoms with Crippen molar-refractivity contribution < 1.29 is 9.21 Å². The summed E-state index contributed by atoms with van der Waals surface area (Å²) in [5.74, 6) is 0.590. The van der Waals surface area contributed by atoms with E-state index in [1.165, 1.54) is 0 Å². The van der Waals surface area contributed by atoms with Gasteiger partial charge in [0.15, 0.2) is 0 Å². The van der Waals surface area contributed by atoms with Gasteiger partial charge in [-0.3, -0.25) is 14.2 Å². The van der Waals surface area contributed by atoms with Gasteiger partial charge < -0.3 is 9.32 Å². The SMILES string of the molecule is Cc1cc(C)c2c(n1)oc1c(=O)n3c(nc12)CN(C)C(=O)[C@H]1CCC[C@H]13. The molecule has 2 atom stereocenters. The first-order valence-corrected chi connectivity index (χ1v) is 9.02. The molecule has 7 nitrogen and oxygen atoms in total. The molecule has 3 aromatic heterocycles. The van der Waals surface area contributed by atoms with Crippen LogP contribution in [0.25, 0.3) is 22.2 Å². The Hall–Kier alpha value is -2.70. The lowest BCUT2D eigenvalue weighted by molar-refractivity contribution is -0.134. The molecule has 0 N–H and O–H groups in total. The Morgan fingerprint density at radius 3 is 2.81 bits per heavy atom. The number of hydrogen-bond donors (Lipinski definition) is 0. The molecule has 0 aromatic carbocycles. The second-order valence-corrected chi connectivity index (χ2v) is 7.54. The maximum absolute atomic E-state index is 13.3. The lowest BCUT2D eigenvalue weighted by atomic mass is 10.0. The van der Waals surface area contributed by atoms with E-state index in [0.717, 1.165) is 35.9 Å². The second-order valence-electron chi connectivity index (χ2n) is 7.54. The highest BCUT2D eigenvalue weighted by Gasteiger charge is 2.41. The van der Waals surface area contributed by atoms with Crippen LogP contribution < -0.4 is 5.56 Å². The zero-order valence-electron chi connectivity index (χ0n) is 15.1. The van der Waals surface area contributed by atoms with Crippen LogP contribution in [-0.2, 0) is 11.3 Å². The van der Waals surface area contributed by atoms with Crippen LogP contribution in [0.2, 0.25) is 0 Å². The topological polar surface area (TPSA) is 81.2 Å². The number of pyridine rings is 1. The van der Waals surface area contributed by atoms with Gasteiger partial charge >= 0.3 is 0 Å². The molecule has 26 heavy (non-hydrogen) atoms. The average molecular weight is 352 g/mol. The largest absolute Gasteiger partial charge is 0.430 e. The fourth-order valence-electron chi connectivity index (χ4n) is 4.65. The normalized spacial score (nSPS) is 22.7. The summed E-state index contributed by atoms with van der Waals surface area (Å²) in [5.41, 5.74) is 2.89. The van der Waals surface area contributed by atoms with Gasteiger partial charge in [0.25, 0.3) is 5.56 Å². The van der Waals surface area contributed by atoms with E-state index >= 15 is 0 Å². The minimum absolute atomic E-state index is 0.104. The maximum atomic E-state index is 13.3. The number of amides is 1. The third-order valence-electron chi connectivity index (χ3n) is 5.78. The smallest absolute Gasteiger partial charge is 0.297 e. The minimum atomic E-state index is -0.194. The molecule has 4 heterocycles. The standard InChI is InChI=1S/C19H20N4O3/c1-9-7-10(2)20-17-14(9)15-16(26-17)19(25)23-12-6-4-5-11(12)18(24)22(3)8-13(23)21-15/h7,11-12H,4-6,8H2,1-3H3/t11-,12+/m0/s1. The Kier molecular flexibility index (Phi) is 3.08. The van der Waals surface area contributed by atoms with Gasteiger partial charge in [0, 0.05) is 12.7 Å². The highest BCUT2D eigenvalue weighted by atomic mass is 16.3. The van der Waals surface area contributed by atoms with Crippen LogP contribution in [0.5, 0.6) is 0 Å². The summed E-state index contributed by atoms with van der Waals surface area (Å²) >= 11 is 0. The van der Waals surface area contributed by atoms with E-state index in [4.69, 9.17) is 9.40 Å². The van der Waals surface area contributed by atoms with Crippen LogP contribution in [0.3, 0.4) is 0 Å². The molecule has 0 spiro atoms. The van der Waals surface area contributed by atoms with Crippen LogP contribution in [0.15, 0.2) is 15.3 Å². The Balaban J connectivity index is 1.88. The molecule has 5 rings (SSSR count). The summed E-state index contributed by atoms with van der Waals surface area (Å²) in [7, 11) is 1.79. The molecule has 1 fully saturated rings. The summed E-state index contributed by atoms with van der Waals surface area (Å²) in [4.78, 5) is 36.9. The van der Waals surface area contributed by atoms with Gasteiger partial charge in [-0.2, -0.15) is 0 Å². The summed E-state index contributed by atoms with van der Waals surface area (Å²) in [5, 5.41) is 0.785. The molecule has 3 aromatic rings. The number of hydrogen-bond acceptors (Lipinski definition) is 5. The molecule has 0 saturated heterocycles. The zero-order chi connectivity index (χ0) is 18.2. The van der Waals surface area contributed by atoms with E-state index in [1.54, 1.807) is 16.5 Å². The molecule has 7 heteroatoms. The number of furan rings is 1. The maximum Gasteiger partial charge on any atom is 0.297 e. The molecule has 1 saturated carbocycles. The number of nitrogens with zero attached hydrogens (tertiary/aromatic N) is 4. The van der Waals surface area contributed by atoms with Crippen molar-refractivity contribution in [3.05, 3.63) is 33.5 Å². The molecule has 1 amide bonds. The van der Waals surface area contributed by atoms with E-state index in [1.807, 2.05) is 19.9 Å². The van der Waals surface area contributed by atoms with Crippen molar-refractivity contribution in [3.63, 3.8) is 0 Å². The van der Waals surface area contributed by atoms with Crippen LogP contribution in [0.4, 0.5) is 0 Å². The van der Waals surface area contributed by atoms with Crippen molar-refractivity contribution in [2.75, 3.05) is 7.05 Å². The molecule has 1 aliphatic carbocycles. The first-order valence-electron chi connectivity index (χ1n) is 9.02. The van der Waals surface area contributed by atoms with E-state index in [0.29, 0.717) is 23.6 Å².